The highest BCUT2D eigenvalue weighted by molar-refractivity contribution is 7.10. The predicted octanol–water partition coefficient (Wildman–Crippen LogP) is 3.15. The molecule has 2 N–H and O–H groups in total. The van der Waals surface area contributed by atoms with Crippen molar-refractivity contribution in [1.82, 2.24) is 20.1 Å². The van der Waals surface area contributed by atoms with E-state index in [2.05, 4.69) is 22.1 Å². The van der Waals surface area contributed by atoms with Gasteiger partial charge in [-0.2, -0.15) is 0 Å². The van der Waals surface area contributed by atoms with Crippen LogP contribution in [0.15, 0.2) is 60.2 Å². The van der Waals surface area contributed by atoms with E-state index in [9.17, 15) is 9.59 Å². The van der Waals surface area contributed by atoms with Crippen LogP contribution in [0.1, 0.15) is 27.7 Å². The molecular weight excluding hydrogens is 446 g/mol. The van der Waals surface area contributed by atoms with Crippen molar-refractivity contribution >= 4 is 29.1 Å². The normalized spacial score (nSPS) is 21.5. The van der Waals surface area contributed by atoms with Crippen LogP contribution in [-0.2, 0) is 10.3 Å². The molecular formula is C26H23N5O2S. The first-order valence-electron chi connectivity index (χ1n) is 10.9. The van der Waals surface area contributed by atoms with Gasteiger partial charge in [0.25, 0.3) is 5.91 Å². The fraction of sp³-hybridized carbons (Fsp3) is 0.231. The summed E-state index contributed by atoms with van der Waals surface area (Å²) in [6.07, 6.45) is 3.52. The maximum atomic E-state index is 13.3. The number of aromatic nitrogens is 1. The Bertz CT molecular complexity index is 1360. The number of hydrogen-bond acceptors (Lipinski definition) is 5. The summed E-state index contributed by atoms with van der Waals surface area (Å²) in [6.45, 7) is 2.37. The summed E-state index contributed by atoms with van der Waals surface area (Å²) in [5.74, 6) is 5.17. The van der Waals surface area contributed by atoms with E-state index in [4.69, 9.17) is 5.41 Å². The Morgan fingerprint density at radius 2 is 2.03 bits per heavy atom. The summed E-state index contributed by atoms with van der Waals surface area (Å²) < 4.78 is 0. The van der Waals surface area contributed by atoms with Crippen molar-refractivity contribution in [2.75, 3.05) is 20.1 Å². The van der Waals surface area contributed by atoms with E-state index in [0.29, 0.717) is 12.1 Å². The molecule has 8 heteroatoms. The highest BCUT2D eigenvalue weighted by Gasteiger charge is 2.57. The first kappa shape index (κ1) is 21.9. The molecule has 5 rings (SSSR count). The van der Waals surface area contributed by atoms with Gasteiger partial charge in [-0.15, -0.1) is 17.3 Å². The van der Waals surface area contributed by atoms with Gasteiger partial charge >= 0.3 is 0 Å². The van der Waals surface area contributed by atoms with E-state index < -0.39 is 11.5 Å². The van der Waals surface area contributed by atoms with E-state index in [1.54, 1.807) is 43.4 Å². The quantitative estimate of drug-likeness (QED) is 0.577. The molecule has 2 saturated heterocycles. The van der Waals surface area contributed by atoms with Crippen molar-refractivity contribution < 1.29 is 9.59 Å². The maximum absolute atomic E-state index is 13.3. The van der Waals surface area contributed by atoms with Crippen LogP contribution < -0.4 is 5.32 Å². The molecule has 0 aliphatic carbocycles. The summed E-state index contributed by atoms with van der Waals surface area (Å²) in [6, 6.07) is 13.1. The number of fused-ring (bicyclic) bond motifs is 1. The number of pyridine rings is 1. The summed E-state index contributed by atoms with van der Waals surface area (Å²) >= 11 is 1.52. The van der Waals surface area contributed by atoms with Gasteiger partial charge in [0.15, 0.2) is 5.96 Å². The molecule has 0 spiro atoms. The van der Waals surface area contributed by atoms with E-state index in [-0.39, 0.29) is 24.3 Å². The van der Waals surface area contributed by atoms with Crippen molar-refractivity contribution in [2.45, 2.75) is 12.5 Å². The van der Waals surface area contributed by atoms with Crippen molar-refractivity contribution in [3.63, 3.8) is 0 Å². The number of nitrogens with zero attached hydrogens (tertiary/aromatic N) is 3. The van der Waals surface area contributed by atoms with Crippen LogP contribution >= 0.6 is 11.3 Å². The first-order valence-corrected chi connectivity index (χ1v) is 11.8. The number of carbonyl (C=O) groups excluding carboxylic acids is 2. The van der Waals surface area contributed by atoms with Crippen LogP contribution in [0.4, 0.5) is 0 Å². The topological polar surface area (TPSA) is 89.4 Å². The number of thiophene rings is 1. The van der Waals surface area contributed by atoms with Gasteiger partial charge in [0, 0.05) is 54.1 Å². The Morgan fingerprint density at radius 1 is 1.24 bits per heavy atom. The zero-order valence-corrected chi connectivity index (χ0v) is 19.6. The van der Waals surface area contributed by atoms with Gasteiger partial charge in [0.1, 0.15) is 5.54 Å². The smallest absolute Gasteiger partial charge is 0.253 e. The Balaban J connectivity index is 1.54. The average Bonchev–Trinajstić information content (AvgIpc) is 3.50. The number of amides is 2. The van der Waals surface area contributed by atoms with Gasteiger partial charge in [-0.3, -0.25) is 24.9 Å². The van der Waals surface area contributed by atoms with E-state index in [1.165, 1.54) is 16.2 Å². The Labute approximate surface area is 201 Å². The molecule has 3 aromatic rings. The predicted molar refractivity (Wildman–Crippen MR) is 131 cm³/mol. The van der Waals surface area contributed by atoms with Crippen LogP contribution in [-0.4, -0.2) is 52.7 Å². The maximum Gasteiger partial charge on any atom is 0.253 e. The molecule has 7 nitrogen and oxygen atoms in total. The second-order valence-corrected chi connectivity index (χ2v) is 9.39. The van der Waals surface area contributed by atoms with Crippen LogP contribution in [0.3, 0.4) is 0 Å². The van der Waals surface area contributed by atoms with Gasteiger partial charge in [-0.25, -0.2) is 0 Å². The van der Waals surface area contributed by atoms with Gasteiger partial charge in [-0.05, 0) is 42.1 Å². The van der Waals surface area contributed by atoms with E-state index >= 15 is 0 Å². The average molecular weight is 470 g/mol. The van der Waals surface area contributed by atoms with Gasteiger partial charge < -0.3 is 10.2 Å². The number of hydrogen-bond donors (Lipinski definition) is 2. The molecule has 2 atom stereocenters. The molecule has 2 aromatic heterocycles. The number of likely N-dealkylation sites (tertiary alicyclic amines) is 1. The number of rotatable bonds is 3. The number of benzene rings is 1. The zero-order chi connectivity index (χ0) is 23.9. The molecule has 1 aromatic carbocycles. The number of nitrogens with one attached hydrogen (secondary N) is 2. The molecule has 1 unspecified atom stereocenters. The summed E-state index contributed by atoms with van der Waals surface area (Å²) in [4.78, 5) is 34.8. The van der Waals surface area contributed by atoms with Gasteiger partial charge in [0.2, 0.25) is 5.91 Å². The fourth-order valence-electron chi connectivity index (χ4n) is 4.67. The fourth-order valence-corrected chi connectivity index (χ4v) is 5.79. The third-order valence-electron chi connectivity index (χ3n) is 6.43. The van der Waals surface area contributed by atoms with E-state index in [1.807, 2.05) is 35.7 Å². The molecule has 0 bridgehead atoms. The number of carbonyl (C=O) groups is 2. The Hall–Kier alpha value is -3.96. The van der Waals surface area contributed by atoms with Crippen molar-refractivity contribution in [2.24, 2.45) is 5.92 Å². The van der Waals surface area contributed by atoms with E-state index in [0.717, 1.165) is 21.6 Å². The number of guanidine groups is 1. The van der Waals surface area contributed by atoms with Crippen LogP contribution in [0, 0.1) is 23.2 Å². The highest BCUT2D eigenvalue weighted by atomic mass is 32.1. The lowest BCUT2D eigenvalue weighted by molar-refractivity contribution is -0.134. The minimum Gasteiger partial charge on any atom is -0.343 e. The molecule has 2 aliphatic rings. The third kappa shape index (κ3) is 3.55. The molecule has 2 amide bonds. The summed E-state index contributed by atoms with van der Waals surface area (Å²) in [7, 11) is 1.59. The second-order valence-electron chi connectivity index (χ2n) is 8.48. The Kier molecular flexibility index (Phi) is 5.42. The summed E-state index contributed by atoms with van der Waals surface area (Å²) in [5, 5.41) is 13.7. The molecule has 2 aliphatic heterocycles. The van der Waals surface area contributed by atoms with Crippen LogP contribution in [0.2, 0.25) is 0 Å². The van der Waals surface area contributed by atoms with Crippen molar-refractivity contribution in [3.05, 3.63) is 76.2 Å². The molecule has 170 valence electrons. The zero-order valence-electron chi connectivity index (χ0n) is 18.8. The molecule has 34 heavy (non-hydrogen) atoms. The van der Waals surface area contributed by atoms with Gasteiger partial charge in [-0.1, -0.05) is 24.1 Å². The minimum absolute atomic E-state index is 0.0343. The van der Waals surface area contributed by atoms with Crippen LogP contribution in [0.5, 0.6) is 0 Å². The monoisotopic (exact) mass is 469 g/mol. The Morgan fingerprint density at radius 3 is 2.79 bits per heavy atom. The lowest BCUT2D eigenvalue weighted by Gasteiger charge is -2.42. The van der Waals surface area contributed by atoms with Gasteiger partial charge in [0.05, 0.1) is 5.92 Å². The lowest BCUT2D eigenvalue weighted by Crippen LogP contribution is -2.64. The molecule has 4 heterocycles. The lowest BCUT2D eigenvalue weighted by atomic mass is 9.82. The molecule has 0 radical (unpaired) electrons. The summed E-state index contributed by atoms with van der Waals surface area (Å²) in [5.41, 5.74) is 2.45. The highest BCUT2D eigenvalue weighted by Crippen LogP contribution is 2.44. The van der Waals surface area contributed by atoms with Crippen molar-refractivity contribution in [3.8, 4) is 23.0 Å². The standard InChI is InChI=1S/C26H23N5O2S/c1-3-7-17-10-19(13-28-12-17)20-11-22(34-15-20)26-16-31(23(32)18-8-5-4-6-9-18)14-21(26)24(33)30(2)25(27)29-26/h4-6,8-13,15,21H,14,16H2,1-2H3,(H2,27,29)/t21?,26-/m0/s1. The minimum atomic E-state index is -0.859. The molecule has 0 saturated carbocycles. The van der Waals surface area contributed by atoms with Crippen molar-refractivity contribution in [1.29, 1.82) is 5.41 Å². The SMILES string of the molecule is CC#Cc1cncc(-c2csc([C@]34CN(C(=O)c5ccccc5)CC3C(=O)N(C)C(=N)N4)c2)c1. The van der Waals surface area contributed by atoms with Crippen LogP contribution in [0.25, 0.3) is 11.1 Å². The largest absolute Gasteiger partial charge is 0.343 e. The molecule has 2 fully saturated rings. The second kappa shape index (κ2) is 8.43. The third-order valence-corrected chi connectivity index (χ3v) is 7.54. The first-order chi connectivity index (χ1) is 16.4.